The van der Waals surface area contributed by atoms with E-state index >= 15 is 0 Å². The third-order valence-corrected chi connectivity index (χ3v) is 12.5. The van der Waals surface area contributed by atoms with Gasteiger partial charge in [0.05, 0.1) is 7.11 Å². The number of likely N-dealkylation sites (tertiary alicyclic amines) is 2. The lowest BCUT2D eigenvalue weighted by Crippen LogP contribution is -2.64. The van der Waals surface area contributed by atoms with E-state index in [1.165, 1.54) is 22.3 Å². The predicted molar refractivity (Wildman–Crippen MR) is 160 cm³/mol. The number of rotatable bonds is 1. The molecular weight excluding hydrogens is 544 g/mol. The van der Waals surface area contributed by atoms with E-state index < -0.39 is 12.2 Å². The lowest BCUT2D eigenvalue weighted by atomic mass is 9.53. The molecule has 0 saturated carbocycles. The van der Waals surface area contributed by atoms with Crippen LogP contribution in [0.4, 0.5) is 0 Å². The summed E-state index contributed by atoms with van der Waals surface area (Å²) in [6.07, 6.45) is 10.7. The number of hydrogen-bond donors (Lipinski definition) is 3. The van der Waals surface area contributed by atoms with Crippen molar-refractivity contribution in [3.63, 3.8) is 0 Å². The van der Waals surface area contributed by atoms with E-state index in [0.29, 0.717) is 29.7 Å². The second-order valence-electron chi connectivity index (χ2n) is 14.0. The summed E-state index contributed by atoms with van der Waals surface area (Å²) >= 11 is 0. The number of phenolic OH excluding ortho intramolecular Hbond substituents is 1. The molecule has 226 valence electrons. The molecule has 2 fully saturated rings. The zero-order chi connectivity index (χ0) is 29.4. The molecule has 2 spiro atoms. The van der Waals surface area contributed by atoms with Gasteiger partial charge in [-0.3, -0.25) is 0 Å². The molecule has 0 aromatic heterocycles. The lowest BCUT2D eigenvalue weighted by Gasteiger charge is -2.56. The molecule has 8 nitrogen and oxygen atoms in total. The summed E-state index contributed by atoms with van der Waals surface area (Å²) in [5.74, 6) is 3.28. The maximum atomic E-state index is 10.6. The molecule has 4 heterocycles. The van der Waals surface area contributed by atoms with Crippen LogP contribution in [0.1, 0.15) is 35.1 Å². The quantitative estimate of drug-likeness (QED) is 0.441. The zero-order valence-electron chi connectivity index (χ0n) is 24.9. The van der Waals surface area contributed by atoms with Crippen LogP contribution in [0.5, 0.6) is 23.0 Å². The zero-order valence-corrected chi connectivity index (χ0v) is 24.9. The number of aliphatic hydroxyl groups excluding tert-OH is 2. The van der Waals surface area contributed by atoms with Gasteiger partial charge in [-0.1, -0.05) is 36.4 Å². The number of aromatic hydroxyl groups is 1. The topological polar surface area (TPSA) is 94.9 Å². The molecule has 10 rings (SSSR count). The highest BCUT2D eigenvalue weighted by atomic mass is 16.5. The van der Waals surface area contributed by atoms with Crippen molar-refractivity contribution in [2.45, 2.75) is 73.0 Å². The third-order valence-electron chi connectivity index (χ3n) is 12.5. The van der Waals surface area contributed by atoms with Crippen molar-refractivity contribution in [3.05, 3.63) is 70.8 Å². The minimum Gasteiger partial charge on any atom is -0.504 e. The van der Waals surface area contributed by atoms with E-state index in [1.807, 2.05) is 24.3 Å². The summed E-state index contributed by atoms with van der Waals surface area (Å²) in [7, 11) is 6.10. The Balaban J connectivity index is 0.000000121. The molecule has 2 aromatic carbocycles. The smallest absolute Gasteiger partial charge is 0.165 e. The number of piperidine rings is 2. The van der Waals surface area contributed by atoms with Crippen LogP contribution in [-0.4, -0.2) is 95.9 Å². The summed E-state index contributed by atoms with van der Waals surface area (Å²) in [5.41, 5.74) is 4.89. The monoisotopic (exact) mass is 584 g/mol. The Hall–Kier alpha value is -3.04. The number of nitrogens with zero attached hydrogens (tertiary/aromatic N) is 2. The molecule has 4 aliphatic carbocycles. The first-order chi connectivity index (χ1) is 20.8. The van der Waals surface area contributed by atoms with Gasteiger partial charge in [-0.05, 0) is 76.1 Å². The Morgan fingerprint density at radius 1 is 0.744 bits per heavy atom. The van der Waals surface area contributed by atoms with Gasteiger partial charge < -0.3 is 39.3 Å². The number of benzene rings is 2. The standard InChI is InChI=1S/C18H21NO3.C17H19NO3/c1-19-8-7-18-11-4-5-13(20)17(18)22-16-14(21-2)6-3-10(15(16)18)9-12(11)19;1-18-7-6-17-10-3-5-13(20)16(17)21-15-12(19)4-2-9(14(15)17)8-11(10)18/h3-6,11-13,17,20H,7-9H2,1-2H3;2-5,10-11,13,16,19-20H,6-8H2,1H3/t11-,12+,13-,17-,18-;10-,11+,13-,16-,17-/m00/s1. The van der Waals surface area contributed by atoms with E-state index in [-0.39, 0.29) is 28.8 Å². The molecular formula is C35H40N2O6. The van der Waals surface area contributed by atoms with Crippen LogP contribution < -0.4 is 14.2 Å². The Labute approximate surface area is 252 Å². The number of aliphatic hydroxyl groups is 2. The first-order valence-electron chi connectivity index (χ1n) is 15.8. The van der Waals surface area contributed by atoms with Gasteiger partial charge in [0, 0.05) is 45.9 Å². The van der Waals surface area contributed by atoms with E-state index in [1.54, 1.807) is 13.2 Å². The Bertz CT molecular complexity index is 1590. The fourth-order valence-electron chi connectivity index (χ4n) is 10.6. The second kappa shape index (κ2) is 8.78. The lowest BCUT2D eigenvalue weighted by molar-refractivity contribution is -0.0453. The van der Waals surface area contributed by atoms with Crippen LogP contribution in [0.15, 0.2) is 48.6 Å². The molecule has 0 unspecified atom stereocenters. The Morgan fingerprint density at radius 2 is 1.26 bits per heavy atom. The molecule has 43 heavy (non-hydrogen) atoms. The molecule has 0 amide bonds. The number of methoxy groups -OCH3 is 1. The van der Waals surface area contributed by atoms with Crippen LogP contribution in [0, 0.1) is 11.8 Å². The average Bonchev–Trinajstić information content (AvgIpc) is 3.55. The molecule has 3 N–H and O–H groups in total. The summed E-state index contributed by atoms with van der Waals surface area (Å²) in [5, 5.41) is 31.2. The Morgan fingerprint density at radius 3 is 1.81 bits per heavy atom. The summed E-state index contributed by atoms with van der Waals surface area (Å²) < 4.78 is 17.9. The summed E-state index contributed by atoms with van der Waals surface area (Å²) in [4.78, 5) is 4.91. The maximum absolute atomic E-state index is 10.6. The van der Waals surface area contributed by atoms with Crippen LogP contribution in [0.2, 0.25) is 0 Å². The van der Waals surface area contributed by atoms with Crippen LogP contribution in [0.3, 0.4) is 0 Å². The van der Waals surface area contributed by atoms with Gasteiger partial charge in [0.25, 0.3) is 0 Å². The number of phenols is 1. The normalized spacial score (nSPS) is 41.8. The van der Waals surface area contributed by atoms with Crippen LogP contribution in [0.25, 0.3) is 0 Å². The largest absolute Gasteiger partial charge is 0.504 e. The minimum atomic E-state index is -0.594. The molecule has 8 heteroatoms. The molecule has 2 saturated heterocycles. The van der Waals surface area contributed by atoms with Gasteiger partial charge in [-0.15, -0.1) is 0 Å². The van der Waals surface area contributed by atoms with Gasteiger partial charge >= 0.3 is 0 Å². The van der Waals surface area contributed by atoms with Crippen molar-refractivity contribution in [1.29, 1.82) is 0 Å². The predicted octanol–water partition coefficient (Wildman–Crippen LogP) is 2.70. The molecule has 2 aromatic rings. The molecule has 4 bridgehead atoms. The van der Waals surface area contributed by atoms with E-state index in [9.17, 15) is 15.3 Å². The average molecular weight is 585 g/mol. The van der Waals surface area contributed by atoms with E-state index in [4.69, 9.17) is 14.2 Å². The molecule has 4 aliphatic heterocycles. The highest BCUT2D eigenvalue weighted by Gasteiger charge is 2.65. The second-order valence-corrected chi connectivity index (χ2v) is 14.0. The number of likely N-dealkylation sites (N-methyl/N-ethyl adjacent to an activating group) is 2. The van der Waals surface area contributed by atoms with E-state index in [2.05, 4.69) is 42.1 Å². The maximum Gasteiger partial charge on any atom is 0.165 e. The highest BCUT2D eigenvalue weighted by Crippen LogP contribution is 2.63. The van der Waals surface area contributed by atoms with E-state index in [0.717, 1.165) is 50.3 Å². The van der Waals surface area contributed by atoms with Crippen molar-refractivity contribution < 1.29 is 29.5 Å². The summed E-state index contributed by atoms with van der Waals surface area (Å²) in [6, 6.07) is 8.93. The Kier molecular flexibility index (Phi) is 5.38. The number of ether oxygens (including phenoxy) is 3. The van der Waals surface area contributed by atoms with Crippen molar-refractivity contribution in [3.8, 4) is 23.0 Å². The highest BCUT2D eigenvalue weighted by molar-refractivity contribution is 5.63. The fraction of sp³-hybridized carbons (Fsp3) is 0.543. The first kappa shape index (κ1) is 26.4. The SMILES string of the molecule is CN1CC[C@]23c4c5ccc(O)c4O[C@H]2[C@@H](O)C=C[C@H]3[C@H]1C5.COc1ccc2c3c1O[C@H]1[C@@H](O)C=C[C@H]4[C@@H](C2)N(C)CC[C@@]341. The van der Waals surface area contributed by atoms with Crippen LogP contribution >= 0.6 is 0 Å². The van der Waals surface area contributed by atoms with Gasteiger partial charge in [-0.25, -0.2) is 0 Å². The van der Waals surface area contributed by atoms with Crippen molar-refractivity contribution >= 4 is 0 Å². The molecule has 0 radical (unpaired) electrons. The number of hydrogen-bond acceptors (Lipinski definition) is 8. The van der Waals surface area contributed by atoms with Gasteiger partial charge in [0.2, 0.25) is 0 Å². The molecule has 10 atom stereocenters. The minimum absolute atomic E-state index is 0.0806. The van der Waals surface area contributed by atoms with Crippen molar-refractivity contribution in [2.75, 3.05) is 34.3 Å². The van der Waals surface area contributed by atoms with Gasteiger partial charge in [0.1, 0.15) is 24.4 Å². The van der Waals surface area contributed by atoms with Gasteiger partial charge in [-0.2, -0.15) is 0 Å². The van der Waals surface area contributed by atoms with Crippen LogP contribution in [-0.2, 0) is 23.7 Å². The summed E-state index contributed by atoms with van der Waals surface area (Å²) in [6.45, 7) is 2.06. The fourth-order valence-corrected chi connectivity index (χ4v) is 10.6. The van der Waals surface area contributed by atoms with Crippen molar-refractivity contribution in [2.24, 2.45) is 11.8 Å². The van der Waals surface area contributed by atoms with Gasteiger partial charge in [0.15, 0.2) is 23.0 Å². The molecule has 8 aliphatic rings. The third kappa shape index (κ3) is 3.10. The van der Waals surface area contributed by atoms with Crippen molar-refractivity contribution in [1.82, 2.24) is 9.80 Å². The first-order valence-corrected chi connectivity index (χ1v) is 15.8.